The first-order valence-electron chi connectivity index (χ1n) is 25.3. The predicted octanol–water partition coefficient (Wildman–Crippen LogP) is 12.0. The highest BCUT2D eigenvalue weighted by Crippen LogP contribution is 2.61. The van der Waals surface area contributed by atoms with Crippen molar-refractivity contribution in [2.24, 2.45) is 0 Å². The van der Waals surface area contributed by atoms with E-state index in [1.165, 1.54) is 19.2 Å². The van der Waals surface area contributed by atoms with Gasteiger partial charge in [-0.2, -0.15) is 0 Å². The Bertz CT molecular complexity index is 3540. The number of carbonyl (C=O) groups is 3. The average Bonchev–Trinajstić information content (AvgIpc) is 2.06. The molecule has 7 aromatic rings. The molecule has 432 valence electrons. The number of esters is 3. The number of para-hydroxylation sites is 3. The van der Waals surface area contributed by atoms with Crippen molar-refractivity contribution in [2.75, 3.05) is 82.7 Å². The van der Waals surface area contributed by atoms with Crippen molar-refractivity contribution >= 4 is 29.3 Å². The zero-order chi connectivity index (χ0) is 59.0. The summed E-state index contributed by atoms with van der Waals surface area (Å²) in [5.41, 5.74) is -8.92. The van der Waals surface area contributed by atoms with Gasteiger partial charge >= 0.3 is 17.9 Å². The first-order valence-corrected chi connectivity index (χ1v) is 25.3. The summed E-state index contributed by atoms with van der Waals surface area (Å²) in [6, 6.07) is 22.2. The Balaban J connectivity index is 1.12. The molecule has 10 rings (SSSR count). The molecule has 0 saturated carbocycles. The van der Waals surface area contributed by atoms with Crippen LogP contribution in [0, 0.1) is 58.2 Å². The van der Waals surface area contributed by atoms with Crippen molar-refractivity contribution in [1.82, 2.24) is 0 Å². The minimum atomic E-state index is -2.72. The lowest BCUT2D eigenvalue weighted by Gasteiger charge is -2.38. The molecule has 24 heteroatoms. The molecular formula is C59H44F10N2O12. The van der Waals surface area contributed by atoms with Crippen LogP contribution >= 0.6 is 0 Å². The number of rotatable bonds is 9. The molecule has 3 aliphatic rings. The van der Waals surface area contributed by atoms with Gasteiger partial charge in [0.2, 0.25) is 11.6 Å². The molecule has 3 heterocycles. The number of hydrogen-bond donors (Lipinski definition) is 0. The number of anilines is 2. The summed E-state index contributed by atoms with van der Waals surface area (Å²) in [6.07, 6.45) is 0. The Morgan fingerprint density at radius 1 is 0.470 bits per heavy atom. The second kappa shape index (κ2) is 23.5. The highest BCUT2D eigenvalue weighted by atomic mass is 19.2. The van der Waals surface area contributed by atoms with Crippen molar-refractivity contribution in [3.63, 3.8) is 0 Å². The maximum absolute atomic E-state index is 16.0. The third-order valence-electron chi connectivity index (χ3n) is 13.7. The molecule has 0 unspecified atom stereocenters. The Labute approximate surface area is 465 Å². The van der Waals surface area contributed by atoms with E-state index in [4.69, 9.17) is 42.6 Å². The smallest absolute Gasteiger partial charge is 0.340 e. The number of hydrogen-bond acceptors (Lipinski definition) is 14. The molecule has 0 atom stereocenters. The maximum atomic E-state index is 16.0. The van der Waals surface area contributed by atoms with Crippen LogP contribution in [0.5, 0.6) is 40.2 Å². The molecule has 0 amide bonds. The van der Waals surface area contributed by atoms with Gasteiger partial charge in [-0.1, -0.05) is 30.3 Å². The normalized spacial score (nSPS) is 15.3. The van der Waals surface area contributed by atoms with E-state index in [0.29, 0.717) is 43.3 Å². The lowest BCUT2D eigenvalue weighted by atomic mass is 9.75. The molecule has 1 saturated heterocycles. The highest BCUT2D eigenvalue weighted by molar-refractivity contribution is 5.99. The summed E-state index contributed by atoms with van der Waals surface area (Å²) in [7, 11) is 1.24. The summed E-state index contributed by atoms with van der Waals surface area (Å²) < 4.78 is 207. The fourth-order valence-electron chi connectivity index (χ4n) is 9.99. The molecule has 0 aliphatic carbocycles. The van der Waals surface area contributed by atoms with Crippen LogP contribution in [-0.2, 0) is 34.1 Å². The number of halogens is 10. The van der Waals surface area contributed by atoms with Crippen molar-refractivity contribution < 1.29 is 101 Å². The summed E-state index contributed by atoms with van der Waals surface area (Å²) in [4.78, 5) is 43.8. The van der Waals surface area contributed by atoms with E-state index in [-0.39, 0.29) is 68.7 Å². The summed E-state index contributed by atoms with van der Waals surface area (Å²) >= 11 is 0. The van der Waals surface area contributed by atoms with Crippen LogP contribution in [0.4, 0.5) is 55.3 Å². The molecule has 3 aliphatic heterocycles. The van der Waals surface area contributed by atoms with E-state index < -0.39 is 138 Å². The molecule has 0 radical (unpaired) electrons. The van der Waals surface area contributed by atoms with Gasteiger partial charge in [0.15, 0.2) is 57.9 Å². The van der Waals surface area contributed by atoms with Gasteiger partial charge in [-0.3, -0.25) is 9.59 Å². The number of benzene rings is 7. The lowest BCUT2D eigenvalue weighted by molar-refractivity contribution is -0.132. The van der Waals surface area contributed by atoms with Crippen LogP contribution in [0.2, 0.25) is 0 Å². The standard InChI is InChI=1S/C59H44F10N2O12/c1-29(72)79-41-27-43-36(23-33(41)46-48(60)52(64)56(68)53(65)49(46)61)59(37-24-34(42(80-30(2)73)28-44(37)82-43)47-50(62)54(66)57(69)55(67)51(47)63)35-26-45(75-3)39(25-32(35)58(74)83-59)71-15-18-76-17-13-70(14-19-77-21-22-78-20-16-71)38-11-7-8-12-40(38)81-31-9-5-4-6-10-31/h4-12,23-28H,13-22H2,1-3H3. The minimum Gasteiger partial charge on any atom is -0.495 e. The Kier molecular flexibility index (Phi) is 16.3. The number of nitrogens with zero attached hydrogens (tertiary/aromatic N) is 2. The van der Waals surface area contributed by atoms with Crippen molar-refractivity contribution in [3.8, 4) is 62.5 Å². The maximum Gasteiger partial charge on any atom is 0.340 e. The van der Waals surface area contributed by atoms with Crippen molar-refractivity contribution in [1.29, 1.82) is 0 Å². The molecule has 0 bridgehead atoms. The fourth-order valence-corrected chi connectivity index (χ4v) is 9.99. The molecule has 1 fully saturated rings. The number of ether oxygens (including phenoxy) is 9. The van der Waals surface area contributed by atoms with Gasteiger partial charge in [0.25, 0.3) is 0 Å². The van der Waals surface area contributed by atoms with Gasteiger partial charge in [-0.05, 0) is 48.5 Å². The van der Waals surface area contributed by atoms with Crippen LogP contribution in [0.3, 0.4) is 0 Å². The molecule has 7 aromatic carbocycles. The molecule has 1 spiro atoms. The van der Waals surface area contributed by atoms with Crippen molar-refractivity contribution in [3.05, 3.63) is 171 Å². The van der Waals surface area contributed by atoms with Gasteiger partial charge in [0, 0.05) is 80.0 Å². The number of methoxy groups -OCH3 is 1. The zero-order valence-corrected chi connectivity index (χ0v) is 43.8. The van der Waals surface area contributed by atoms with Crippen LogP contribution in [0.25, 0.3) is 22.3 Å². The zero-order valence-electron chi connectivity index (χ0n) is 43.8. The Hall–Kier alpha value is -8.87. The highest BCUT2D eigenvalue weighted by Gasteiger charge is 2.55. The largest absolute Gasteiger partial charge is 0.495 e. The van der Waals surface area contributed by atoms with E-state index >= 15 is 35.1 Å². The van der Waals surface area contributed by atoms with E-state index in [0.717, 1.165) is 31.7 Å². The monoisotopic (exact) mass is 1160 g/mol. The molecule has 83 heavy (non-hydrogen) atoms. The van der Waals surface area contributed by atoms with E-state index in [9.17, 15) is 23.2 Å². The predicted molar refractivity (Wildman–Crippen MR) is 274 cm³/mol. The van der Waals surface area contributed by atoms with Crippen LogP contribution < -0.4 is 33.5 Å². The van der Waals surface area contributed by atoms with Crippen LogP contribution in [0.15, 0.2) is 91.0 Å². The molecule has 14 nitrogen and oxygen atoms in total. The van der Waals surface area contributed by atoms with Gasteiger partial charge < -0.3 is 52.4 Å². The second-order valence-electron chi connectivity index (χ2n) is 18.7. The van der Waals surface area contributed by atoms with Gasteiger partial charge in [-0.15, -0.1) is 0 Å². The van der Waals surface area contributed by atoms with E-state index in [1.54, 1.807) is 4.90 Å². The van der Waals surface area contributed by atoms with E-state index in [2.05, 4.69) is 0 Å². The number of carbonyl (C=O) groups excluding carboxylic acids is 3. The SMILES string of the molecule is COc1cc2c(cc1N1CCOCCOCCN(c3ccccc3Oc3ccccc3)CCOCC1)C(=O)OC21c2cc(-c3c(F)c(F)c(F)c(F)c3F)c(OC(C)=O)cc2Oc2cc(OC(C)=O)c(-c3c(F)c(F)c(F)c(F)c3F)cc21. The topological polar surface area (TPSA) is 141 Å². The van der Waals surface area contributed by atoms with Crippen LogP contribution in [0.1, 0.15) is 40.9 Å². The third kappa shape index (κ3) is 10.7. The van der Waals surface area contributed by atoms with Gasteiger partial charge in [0.1, 0.15) is 34.5 Å². The van der Waals surface area contributed by atoms with Gasteiger partial charge in [0.05, 0.1) is 74.8 Å². The molecular weight excluding hydrogens is 1120 g/mol. The molecule has 0 N–H and O–H groups in total. The summed E-state index contributed by atoms with van der Waals surface area (Å²) in [5.74, 6) is -29.8. The minimum absolute atomic E-state index is 0.0495. The van der Waals surface area contributed by atoms with Crippen LogP contribution in [-0.4, -0.2) is 90.8 Å². The summed E-state index contributed by atoms with van der Waals surface area (Å²) in [5, 5.41) is 0. The summed E-state index contributed by atoms with van der Waals surface area (Å²) in [6.45, 7) is 3.72. The fraction of sp³-hybridized carbons (Fsp3) is 0.237. The molecule has 0 aromatic heterocycles. The first-order chi connectivity index (χ1) is 39.8. The Morgan fingerprint density at radius 2 is 0.904 bits per heavy atom. The van der Waals surface area contributed by atoms with Crippen molar-refractivity contribution in [2.45, 2.75) is 19.4 Å². The van der Waals surface area contributed by atoms with E-state index in [1.807, 2.05) is 59.5 Å². The Morgan fingerprint density at radius 3 is 1.37 bits per heavy atom. The lowest BCUT2D eigenvalue weighted by Crippen LogP contribution is -2.34. The first kappa shape index (κ1) is 57.4. The second-order valence-corrected chi connectivity index (χ2v) is 18.7. The average molecular weight is 1160 g/mol. The number of fused-ring (bicyclic) bond motifs is 6. The third-order valence-corrected chi connectivity index (χ3v) is 13.7. The van der Waals surface area contributed by atoms with Gasteiger partial charge in [-0.25, -0.2) is 48.7 Å². The quantitative estimate of drug-likeness (QED) is 0.0445.